The molecule has 1 aromatic carbocycles. The molecule has 1 aliphatic heterocycles. The van der Waals surface area contributed by atoms with Crippen LogP contribution in [0.3, 0.4) is 0 Å². The first-order valence-corrected chi connectivity index (χ1v) is 4.28. The third-order valence-electron chi connectivity index (χ3n) is 2.32. The van der Waals surface area contributed by atoms with Crippen LogP contribution in [0.15, 0.2) is 24.3 Å². The van der Waals surface area contributed by atoms with Gasteiger partial charge in [0.2, 0.25) is 5.91 Å². The maximum absolute atomic E-state index is 13.2. The molecule has 1 N–H and O–H groups in total. The summed E-state index contributed by atoms with van der Waals surface area (Å²) < 4.78 is 13.2. The lowest BCUT2D eigenvalue weighted by molar-refractivity contribution is -0.119. The van der Waals surface area contributed by atoms with Crippen LogP contribution in [0.5, 0.6) is 0 Å². The molecule has 0 radical (unpaired) electrons. The van der Waals surface area contributed by atoms with E-state index in [0.29, 0.717) is 18.5 Å². The zero-order valence-electron chi connectivity index (χ0n) is 7.09. The van der Waals surface area contributed by atoms with Crippen LogP contribution in [0.2, 0.25) is 0 Å². The Labute approximate surface area is 75.8 Å². The molecule has 3 heteroatoms. The number of amides is 1. The van der Waals surface area contributed by atoms with E-state index >= 15 is 0 Å². The van der Waals surface area contributed by atoms with Gasteiger partial charge in [0.15, 0.2) is 0 Å². The monoisotopic (exact) mass is 179 g/mol. The van der Waals surface area contributed by atoms with Gasteiger partial charge >= 0.3 is 0 Å². The fourth-order valence-corrected chi connectivity index (χ4v) is 1.63. The van der Waals surface area contributed by atoms with E-state index < -0.39 is 0 Å². The highest BCUT2D eigenvalue weighted by atomic mass is 19.1. The minimum atomic E-state index is -0.219. The van der Waals surface area contributed by atoms with E-state index in [1.54, 1.807) is 18.2 Å². The molecule has 1 saturated heterocycles. The van der Waals surface area contributed by atoms with E-state index in [-0.39, 0.29) is 17.6 Å². The van der Waals surface area contributed by atoms with Crippen LogP contribution in [-0.4, -0.2) is 12.5 Å². The lowest BCUT2D eigenvalue weighted by atomic mass is 9.98. The van der Waals surface area contributed by atoms with Gasteiger partial charge in [0.1, 0.15) is 5.82 Å². The highest BCUT2D eigenvalue weighted by Crippen LogP contribution is 2.24. The molecule has 1 heterocycles. The molecule has 13 heavy (non-hydrogen) atoms. The normalized spacial score (nSPS) is 21.6. The molecule has 68 valence electrons. The van der Waals surface area contributed by atoms with Gasteiger partial charge < -0.3 is 5.32 Å². The Morgan fingerprint density at radius 3 is 2.77 bits per heavy atom. The lowest BCUT2D eigenvalue weighted by Crippen LogP contribution is -2.13. The molecule has 1 amide bonds. The second-order valence-corrected chi connectivity index (χ2v) is 3.23. The van der Waals surface area contributed by atoms with E-state index in [9.17, 15) is 9.18 Å². The molecule has 2 nitrogen and oxygen atoms in total. The third-order valence-corrected chi connectivity index (χ3v) is 2.32. The molecule has 0 aromatic heterocycles. The van der Waals surface area contributed by atoms with Crippen LogP contribution >= 0.6 is 0 Å². The van der Waals surface area contributed by atoms with Gasteiger partial charge in [-0.05, 0) is 11.6 Å². The fourth-order valence-electron chi connectivity index (χ4n) is 1.63. The second-order valence-electron chi connectivity index (χ2n) is 3.23. The summed E-state index contributed by atoms with van der Waals surface area (Å²) in [6.07, 6.45) is 0.404. The van der Waals surface area contributed by atoms with Crippen LogP contribution in [0.4, 0.5) is 4.39 Å². The standard InChI is InChI=1S/C10H10FNO/c11-9-4-2-1-3-8(9)7-5-10(13)12-6-7/h1-4,7H,5-6H2,(H,12,13)/t7-/m0/s1. The summed E-state index contributed by atoms with van der Waals surface area (Å²) in [5, 5.41) is 2.69. The van der Waals surface area contributed by atoms with E-state index in [1.807, 2.05) is 0 Å². The van der Waals surface area contributed by atoms with E-state index in [4.69, 9.17) is 0 Å². The average Bonchev–Trinajstić information content (AvgIpc) is 2.53. The van der Waals surface area contributed by atoms with Crippen molar-refractivity contribution in [3.63, 3.8) is 0 Å². The maximum Gasteiger partial charge on any atom is 0.220 e. The topological polar surface area (TPSA) is 29.1 Å². The van der Waals surface area contributed by atoms with Crippen molar-refractivity contribution in [1.82, 2.24) is 5.32 Å². The minimum Gasteiger partial charge on any atom is -0.355 e. The number of rotatable bonds is 1. The van der Waals surface area contributed by atoms with Crippen molar-refractivity contribution in [2.75, 3.05) is 6.54 Å². The van der Waals surface area contributed by atoms with Gasteiger partial charge in [-0.3, -0.25) is 4.79 Å². The van der Waals surface area contributed by atoms with Crippen LogP contribution in [0, 0.1) is 5.82 Å². The molecular weight excluding hydrogens is 169 g/mol. The van der Waals surface area contributed by atoms with Gasteiger partial charge in [-0.25, -0.2) is 4.39 Å². The summed E-state index contributed by atoms with van der Waals surface area (Å²) >= 11 is 0. The highest BCUT2D eigenvalue weighted by molar-refractivity contribution is 5.79. The van der Waals surface area contributed by atoms with Gasteiger partial charge in [-0.2, -0.15) is 0 Å². The van der Waals surface area contributed by atoms with E-state index in [1.165, 1.54) is 6.07 Å². The number of carbonyl (C=O) groups is 1. The molecule has 2 rings (SSSR count). The Balaban J connectivity index is 2.26. The van der Waals surface area contributed by atoms with Crippen molar-refractivity contribution in [2.45, 2.75) is 12.3 Å². The predicted molar refractivity (Wildman–Crippen MR) is 46.8 cm³/mol. The van der Waals surface area contributed by atoms with Crippen molar-refractivity contribution in [3.8, 4) is 0 Å². The van der Waals surface area contributed by atoms with Gasteiger partial charge in [-0.1, -0.05) is 18.2 Å². The summed E-state index contributed by atoms with van der Waals surface area (Å²) in [7, 11) is 0. The highest BCUT2D eigenvalue weighted by Gasteiger charge is 2.24. The predicted octanol–water partition coefficient (Wildman–Crippen LogP) is 1.43. The number of benzene rings is 1. The number of hydrogen-bond donors (Lipinski definition) is 1. The van der Waals surface area contributed by atoms with E-state index in [0.717, 1.165) is 0 Å². The van der Waals surface area contributed by atoms with Crippen molar-refractivity contribution in [2.24, 2.45) is 0 Å². The van der Waals surface area contributed by atoms with Crippen molar-refractivity contribution in [1.29, 1.82) is 0 Å². The Morgan fingerprint density at radius 2 is 2.15 bits per heavy atom. The Morgan fingerprint density at radius 1 is 1.38 bits per heavy atom. The van der Waals surface area contributed by atoms with Gasteiger partial charge in [0.05, 0.1) is 0 Å². The summed E-state index contributed by atoms with van der Waals surface area (Å²) in [4.78, 5) is 10.9. The van der Waals surface area contributed by atoms with Gasteiger partial charge in [0, 0.05) is 18.9 Å². The van der Waals surface area contributed by atoms with Crippen LogP contribution < -0.4 is 5.32 Å². The molecular formula is C10H10FNO. The Kier molecular flexibility index (Phi) is 2.00. The van der Waals surface area contributed by atoms with Crippen molar-refractivity contribution < 1.29 is 9.18 Å². The quantitative estimate of drug-likeness (QED) is 0.694. The largest absolute Gasteiger partial charge is 0.355 e. The molecule has 0 unspecified atom stereocenters. The second kappa shape index (κ2) is 3.17. The SMILES string of the molecule is O=C1C[C@H](c2ccccc2F)CN1. The lowest BCUT2D eigenvalue weighted by Gasteiger charge is -2.07. The van der Waals surface area contributed by atoms with Crippen molar-refractivity contribution >= 4 is 5.91 Å². The first-order chi connectivity index (χ1) is 6.27. The first kappa shape index (κ1) is 8.23. The summed E-state index contributed by atoms with van der Waals surface area (Å²) in [5.41, 5.74) is 0.640. The number of halogens is 1. The molecule has 1 fully saturated rings. The number of hydrogen-bond acceptors (Lipinski definition) is 1. The first-order valence-electron chi connectivity index (χ1n) is 4.28. The van der Waals surface area contributed by atoms with Crippen molar-refractivity contribution in [3.05, 3.63) is 35.6 Å². The molecule has 1 aromatic rings. The fraction of sp³-hybridized carbons (Fsp3) is 0.300. The summed E-state index contributed by atoms with van der Waals surface area (Å²) in [6.45, 7) is 0.555. The number of carbonyl (C=O) groups excluding carboxylic acids is 1. The smallest absolute Gasteiger partial charge is 0.220 e. The molecule has 0 aliphatic carbocycles. The summed E-state index contributed by atoms with van der Waals surface area (Å²) in [6, 6.07) is 6.61. The summed E-state index contributed by atoms with van der Waals surface area (Å²) in [5.74, 6) is -0.203. The van der Waals surface area contributed by atoms with Crippen LogP contribution in [0.25, 0.3) is 0 Å². The number of nitrogens with one attached hydrogen (secondary N) is 1. The zero-order valence-corrected chi connectivity index (χ0v) is 7.09. The Bertz CT molecular complexity index is 337. The molecule has 0 saturated carbocycles. The zero-order chi connectivity index (χ0) is 9.26. The van der Waals surface area contributed by atoms with Crippen LogP contribution in [-0.2, 0) is 4.79 Å². The minimum absolute atomic E-state index is 0.00764. The van der Waals surface area contributed by atoms with Gasteiger partial charge in [0.25, 0.3) is 0 Å². The van der Waals surface area contributed by atoms with Gasteiger partial charge in [-0.15, -0.1) is 0 Å². The molecule has 1 aliphatic rings. The Hall–Kier alpha value is -1.38. The van der Waals surface area contributed by atoms with Crippen LogP contribution in [0.1, 0.15) is 17.9 Å². The average molecular weight is 179 g/mol. The third kappa shape index (κ3) is 1.54. The molecule has 0 bridgehead atoms. The van der Waals surface area contributed by atoms with E-state index in [2.05, 4.69) is 5.32 Å². The molecule has 0 spiro atoms. The maximum atomic E-state index is 13.2. The molecule has 1 atom stereocenters.